The summed E-state index contributed by atoms with van der Waals surface area (Å²) in [5, 5.41) is 25.4. The molecule has 4 rings (SSSR count). The van der Waals surface area contributed by atoms with E-state index in [-0.39, 0.29) is 0 Å². The Morgan fingerprint density at radius 3 is 1.32 bits per heavy atom. The first-order chi connectivity index (χ1) is 13.4. The zero-order valence-corrected chi connectivity index (χ0v) is 16.6. The van der Waals surface area contributed by atoms with E-state index in [9.17, 15) is 0 Å². The molecule has 0 bridgehead atoms. The molecular weight excluding hydrogens is 354 g/mol. The second kappa shape index (κ2) is 6.99. The minimum atomic E-state index is 0.304. The molecule has 0 radical (unpaired) electrons. The second-order valence-electron chi connectivity index (χ2n) is 7.50. The van der Waals surface area contributed by atoms with E-state index in [0.717, 1.165) is 34.1 Å². The zero-order chi connectivity index (χ0) is 19.8. The van der Waals surface area contributed by atoms with Crippen LogP contribution in [0.1, 0.15) is 56.6 Å². The number of benzene rings is 1. The Morgan fingerprint density at radius 1 is 0.607 bits per heavy atom. The molecule has 0 saturated carbocycles. The van der Waals surface area contributed by atoms with Gasteiger partial charge in [-0.05, 0) is 37.0 Å². The van der Waals surface area contributed by atoms with E-state index in [1.165, 1.54) is 0 Å². The summed E-state index contributed by atoms with van der Waals surface area (Å²) >= 11 is 0. The van der Waals surface area contributed by atoms with Crippen molar-refractivity contribution < 1.29 is 0 Å². The Kier molecular flexibility index (Phi) is 4.50. The molecule has 0 N–H and O–H groups in total. The number of hydrogen-bond donors (Lipinski definition) is 0. The first kappa shape index (κ1) is 18.0. The van der Waals surface area contributed by atoms with Crippen LogP contribution in [0.25, 0.3) is 17.1 Å². The Morgan fingerprint density at radius 2 is 1.00 bits per heavy atom. The normalized spacial score (nSPS) is 11.7. The first-order valence-electron chi connectivity index (χ1n) is 9.30. The minimum absolute atomic E-state index is 0.304. The average Bonchev–Trinajstić information content (AvgIpc) is 3.41. The van der Waals surface area contributed by atoms with E-state index in [0.29, 0.717) is 11.8 Å². The highest BCUT2D eigenvalue weighted by Crippen LogP contribution is 2.22. The minimum Gasteiger partial charge on any atom is -0.220 e. The maximum absolute atomic E-state index is 4.29. The Bertz CT molecular complexity index is 1040. The number of aromatic nitrogens is 9. The van der Waals surface area contributed by atoms with Gasteiger partial charge in [-0.15, -0.1) is 15.3 Å². The van der Waals surface area contributed by atoms with Crippen LogP contribution in [0.5, 0.6) is 0 Å². The van der Waals surface area contributed by atoms with Crippen molar-refractivity contribution in [2.24, 2.45) is 0 Å². The average molecular weight is 377 g/mol. The molecule has 9 heteroatoms. The van der Waals surface area contributed by atoms with Gasteiger partial charge in [-0.25, -0.2) is 14.0 Å². The van der Waals surface area contributed by atoms with Gasteiger partial charge < -0.3 is 0 Å². The van der Waals surface area contributed by atoms with Crippen molar-refractivity contribution in [2.45, 2.75) is 46.5 Å². The van der Waals surface area contributed by atoms with Gasteiger partial charge in [-0.3, -0.25) is 0 Å². The summed E-state index contributed by atoms with van der Waals surface area (Å²) in [7, 11) is 0. The lowest BCUT2D eigenvalue weighted by Crippen LogP contribution is -2.04. The van der Waals surface area contributed by atoms with Gasteiger partial charge in [0.15, 0.2) is 0 Å². The summed E-state index contributed by atoms with van der Waals surface area (Å²) in [6.45, 7) is 10.3. The van der Waals surface area contributed by atoms with Crippen LogP contribution in [0.15, 0.2) is 36.8 Å². The van der Waals surface area contributed by atoms with E-state index in [2.05, 4.69) is 58.6 Å². The first-order valence-corrected chi connectivity index (χ1v) is 9.30. The molecule has 0 aliphatic heterocycles. The van der Waals surface area contributed by atoms with Gasteiger partial charge in [0.1, 0.15) is 0 Å². The van der Waals surface area contributed by atoms with Crippen LogP contribution in [0, 0.1) is 6.92 Å². The van der Waals surface area contributed by atoms with Crippen molar-refractivity contribution in [3.05, 3.63) is 53.9 Å². The number of nitrogens with zero attached hydrogens (tertiary/aromatic N) is 9. The van der Waals surface area contributed by atoms with Crippen LogP contribution in [0.2, 0.25) is 0 Å². The summed E-state index contributed by atoms with van der Waals surface area (Å²) in [6.07, 6.45) is 5.77. The molecular formula is C19H23N9. The van der Waals surface area contributed by atoms with Crippen molar-refractivity contribution in [3.63, 3.8) is 0 Å². The third kappa shape index (κ3) is 3.42. The number of aryl methyl sites for hydroxylation is 1. The molecule has 4 aromatic rings. The van der Waals surface area contributed by atoms with E-state index in [1.807, 2.05) is 43.7 Å². The highest BCUT2D eigenvalue weighted by atomic mass is 15.4. The van der Waals surface area contributed by atoms with Crippen molar-refractivity contribution in [1.82, 2.24) is 45.0 Å². The van der Waals surface area contributed by atoms with Gasteiger partial charge in [0.2, 0.25) is 0 Å². The molecule has 0 unspecified atom stereocenters. The van der Waals surface area contributed by atoms with Crippen LogP contribution in [-0.2, 0) is 0 Å². The standard InChI is InChI=1S/C19H23N9/c1-12(2)18-10-27(24-21-18)16-6-15(26-9-14(5)20-23-26)7-17(8-16)28-11-19(13(3)4)22-25-28/h6-13H,1-5H3. The van der Waals surface area contributed by atoms with Crippen molar-refractivity contribution >= 4 is 0 Å². The molecule has 1 aromatic carbocycles. The molecule has 0 saturated heterocycles. The van der Waals surface area contributed by atoms with E-state index in [1.54, 1.807) is 14.0 Å². The van der Waals surface area contributed by atoms with E-state index < -0.39 is 0 Å². The summed E-state index contributed by atoms with van der Waals surface area (Å²) in [5.74, 6) is 0.608. The van der Waals surface area contributed by atoms with Crippen LogP contribution >= 0.6 is 0 Å². The molecule has 0 spiro atoms. The highest BCUT2D eigenvalue weighted by Gasteiger charge is 2.13. The van der Waals surface area contributed by atoms with E-state index >= 15 is 0 Å². The molecule has 9 nitrogen and oxygen atoms in total. The third-order valence-corrected chi connectivity index (χ3v) is 4.49. The molecule has 28 heavy (non-hydrogen) atoms. The zero-order valence-electron chi connectivity index (χ0n) is 16.6. The van der Waals surface area contributed by atoms with Crippen molar-refractivity contribution in [2.75, 3.05) is 0 Å². The fourth-order valence-electron chi connectivity index (χ4n) is 2.78. The Hall–Kier alpha value is -3.36. The molecule has 0 aliphatic rings. The Balaban J connectivity index is 1.84. The van der Waals surface area contributed by atoms with E-state index in [4.69, 9.17) is 0 Å². The molecule has 3 aromatic heterocycles. The summed E-state index contributed by atoms with van der Waals surface area (Å²) in [6, 6.07) is 6.00. The fourth-order valence-corrected chi connectivity index (χ4v) is 2.78. The largest absolute Gasteiger partial charge is 0.220 e. The molecule has 0 atom stereocenters. The fraction of sp³-hybridized carbons (Fsp3) is 0.368. The Labute approximate surface area is 163 Å². The molecule has 144 valence electrons. The monoisotopic (exact) mass is 377 g/mol. The van der Waals surface area contributed by atoms with Gasteiger partial charge in [0.05, 0.1) is 52.7 Å². The van der Waals surface area contributed by atoms with Crippen molar-refractivity contribution in [3.8, 4) is 17.1 Å². The topological polar surface area (TPSA) is 92.1 Å². The van der Waals surface area contributed by atoms with Crippen LogP contribution in [-0.4, -0.2) is 45.0 Å². The van der Waals surface area contributed by atoms with Crippen LogP contribution < -0.4 is 0 Å². The lowest BCUT2D eigenvalue weighted by Gasteiger charge is -2.09. The molecule has 0 amide bonds. The third-order valence-electron chi connectivity index (χ3n) is 4.49. The molecule has 3 heterocycles. The number of rotatable bonds is 5. The molecule has 0 aliphatic carbocycles. The predicted molar refractivity (Wildman–Crippen MR) is 104 cm³/mol. The summed E-state index contributed by atoms with van der Waals surface area (Å²) in [4.78, 5) is 0. The maximum Gasteiger partial charge on any atom is 0.0857 e. The lowest BCUT2D eigenvalue weighted by molar-refractivity contribution is 0.758. The predicted octanol–water partition coefficient (Wildman–Crippen LogP) is 2.98. The van der Waals surface area contributed by atoms with Gasteiger partial charge >= 0.3 is 0 Å². The van der Waals surface area contributed by atoms with Gasteiger partial charge in [-0.2, -0.15) is 0 Å². The summed E-state index contributed by atoms with van der Waals surface area (Å²) < 4.78 is 5.28. The molecule has 0 fully saturated rings. The van der Waals surface area contributed by atoms with Crippen LogP contribution in [0.3, 0.4) is 0 Å². The van der Waals surface area contributed by atoms with Gasteiger partial charge in [0, 0.05) is 0 Å². The quantitative estimate of drug-likeness (QED) is 0.531. The SMILES string of the molecule is Cc1cn(-c2cc(-n3cc(C(C)C)nn3)cc(-n3cc(C(C)C)nn3)c2)nn1. The van der Waals surface area contributed by atoms with Gasteiger partial charge in [-0.1, -0.05) is 43.3 Å². The van der Waals surface area contributed by atoms with Crippen LogP contribution in [0.4, 0.5) is 0 Å². The lowest BCUT2D eigenvalue weighted by atomic mass is 10.1. The smallest absolute Gasteiger partial charge is 0.0857 e. The van der Waals surface area contributed by atoms with Gasteiger partial charge in [0.25, 0.3) is 0 Å². The maximum atomic E-state index is 4.29. The highest BCUT2D eigenvalue weighted by molar-refractivity contribution is 5.52. The summed E-state index contributed by atoms with van der Waals surface area (Å²) in [5.41, 5.74) is 5.30. The van der Waals surface area contributed by atoms with Crippen molar-refractivity contribution in [1.29, 1.82) is 0 Å². The number of hydrogen-bond acceptors (Lipinski definition) is 6. The second-order valence-corrected chi connectivity index (χ2v) is 7.50.